The summed E-state index contributed by atoms with van der Waals surface area (Å²) in [5, 5.41) is 3.06. The predicted molar refractivity (Wildman–Crippen MR) is 84.4 cm³/mol. The topological polar surface area (TPSA) is 38.3 Å². The van der Waals surface area contributed by atoms with Crippen LogP contribution in [0.4, 0.5) is 5.69 Å². The molecule has 1 aromatic carbocycles. The van der Waals surface area contributed by atoms with E-state index >= 15 is 0 Å². The van der Waals surface area contributed by atoms with Crippen LogP contribution in [-0.2, 0) is 4.74 Å². The van der Waals surface area contributed by atoms with Gasteiger partial charge in [0.25, 0.3) is 0 Å². The molecule has 0 saturated heterocycles. The summed E-state index contributed by atoms with van der Waals surface area (Å²) in [6.07, 6.45) is 3.49. The lowest BCUT2D eigenvalue weighted by atomic mass is 9.70. The molecule has 0 spiro atoms. The number of ether oxygens (including phenoxy) is 1. The van der Waals surface area contributed by atoms with E-state index in [0.29, 0.717) is 11.5 Å². The molecule has 2 aliphatic carbocycles. The average molecular weight is 287 g/mol. The first kappa shape index (κ1) is 14.4. The van der Waals surface area contributed by atoms with Gasteiger partial charge in [0.2, 0.25) is 0 Å². The summed E-state index contributed by atoms with van der Waals surface area (Å²) < 4.78 is 5.93. The Morgan fingerprint density at radius 3 is 2.57 bits per heavy atom. The summed E-state index contributed by atoms with van der Waals surface area (Å²) in [7, 11) is 1.83. The number of para-hydroxylation sites is 1. The maximum absolute atomic E-state index is 12.5. The third-order valence-corrected chi connectivity index (χ3v) is 6.38. The van der Waals surface area contributed by atoms with Crippen LogP contribution in [0.3, 0.4) is 0 Å². The van der Waals surface area contributed by atoms with Crippen molar-refractivity contribution in [3.63, 3.8) is 0 Å². The standard InChI is InChI=1S/C18H25NO2/c1-17(2)12-9-10-18(17,3)15(11-12)21-16(20)13-7-5-6-8-14(13)19-4/h5-8,12,15,19H,9-11H2,1-4H3. The molecule has 21 heavy (non-hydrogen) atoms. The molecule has 0 aliphatic heterocycles. The summed E-state index contributed by atoms with van der Waals surface area (Å²) in [6.45, 7) is 6.96. The highest BCUT2D eigenvalue weighted by Crippen LogP contribution is 2.66. The number of hydrogen-bond acceptors (Lipinski definition) is 3. The summed E-state index contributed by atoms with van der Waals surface area (Å²) in [5.41, 5.74) is 1.84. The highest BCUT2D eigenvalue weighted by Gasteiger charge is 2.62. The van der Waals surface area contributed by atoms with Gasteiger partial charge in [-0.1, -0.05) is 32.9 Å². The number of benzene rings is 1. The van der Waals surface area contributed by atoms with Gasteiger partial charge >= 0.3 is 5.97 Å². The number of carbonyl (C=O) groups excluding carboxylic acids is 1. The van der Waals surface area contributed by atoms with Crippen molar-refractivity contribution >= 4 is 11.7 Å². The maximum atomic E-state index is 12.5. The summed E-state index contributed by atoms with van der Waals surface area (Å²) in [5.74, 6) is 0.481. The zero-order valence-corrected chi connectivity index (χ0v) is 13.4. The van der Waals surface area contributed by atoms with Crippen molar-refractivity contribution in [3.05, 3.63) is 29.8 Å². The number of rotatable bonds is 3. The lowest BCUT2D eigenvalue weighted by Gasteiger charge is -2.38. The molecule has 3 atom stereocenters. The van der Waals surface area contributed by atoms with Gasteiger partial charge in [0.05, 0.1) is 5.56 Å². The van der Waals surface area contributed by atoms with Gasteiger partial charge in [-0.25, -0.2) is 4.79 Å². The van der Waals surface area contributed by atoms with Gasteiger partial charge in [-0.2, -0.15) is 0 Å². The summed E-state index contributed by atoms with van der Waals surface area (Å²) in [6, 6.07) is 7.53. The minimum atomic E-state index is -0.200. The molecule has 2 fully saturated rings. The number of fused-ring (bicyclic) bond motifs is 2. The molecule has 3 nitrogen and oxygen atoms in total. The van der Waals surface area contributed by atoms with Crippen molar-refractivity contribution in [1.29, 1.82) is 0 Å². The van der Waals surface area contributed by atoms with Gasteiger partial charge < -0.3 is 10.1 Å². The smallest absolute Gasteiger partial charge is 0.340 e. The van der Waals surface area contributed by atoms with Crippen LogP contribution in [0.5, 0.6) is 0 Å². The van der Waals surface area contributed by atoms with Crippen LogP contribution in [0, 0.1) is 16.7 Å². The third-order valence-electron chi connectivity index (χ3n) is 6.38. The fourth-order valence-electron chi connectivity index (χ4n) is 4.38. The van der Waals surface area contributed by atoms with Crippen LogP contribution in [0.2, 0.25) is 0 Å². The van der Waals surface area contributed by atoms with Crippen molar-refractivity contribution < 1.29 is 9.53 Å². The largest absolute Gasteiger partial charge is 0.458 e. The lowest BCUT2D eigenvalue weighted by Crippen LogP contribution is -2.38. The molecule has 2 saturated carbocycles. The first-order valence-electron chi connectivity index (χ1n) is 7.88. The van der Waals surface area contributed by atoms with Crippen LogP contribution in [-0.4, -0.2) is 19.1 Å². The molecule has 2 aliphatic rings. The zero-order chi connectivity index (χ0) is 15.3. The fraction of sp³-hybridized carbons (Fsp3) is 0.611. The molecular weight excluding hydrogens is 262 g/mol. The van der Waals surface area contributed by atoms with Gasteiger partial charge in [0.15, 0.2) is 0 Å². The van der Waals surface area contributed by atoms with Gasteiger partial charge in [0, 0.05) is 18.2 Å². The van der Waals surface area contributed by atoms with Crippen LogP contribution in [0.15, 0.2) is 24.3 Å². The predicted octanol–water partition coefficient (Wildman–Crippen LogP) is 4.10. The van der Waals surface area contributed by atoms with E-state index in [0.717, 1.165) is 18.5 Å². The second-order valence-electron chi connectivity index (χ2n) is 7.30. The van der Waals surface area contributed by atoms with E-state index in [9.17, 15) is 4.79 Å². The number of nitrogens with one attached hydrogen (secondary N) is 1. The Kier molecular flexibility index (Phi) is 3.27. The zero-order valence-electron chi connectivity index (χ0n) is 13.4. The molecule has 3 rings (SSSR count). The molecule has 0 radical (unpaired) electrons. The normalized spacial score (nSPS) is 33.0. The molecular formula is C18H25NO2. The van der Waals surface area contributed by atoms with Crippen LogP contribution < -0.4 is 5.32 Å². The van der Waals surface area contributed by atoms with Crippen molar-refractivity contribution in [3.8, 4) is 0 Å². The molecule has 1 aromatic rings. The van der Waals surface area contributed by atoms with Crippen molar-refractivity contribution in [2.24, 2.45) is 16.7 Å². The van der Waals surface area contributed by atoms with Crippen molar-refractivity contribution in [2.75, 3.05) is 12.4 Å². The second-order valence-corrected chi connectivity index (χ2v) is 7.30. The van der Waals surface area contributed by atoms with E-state index in [1.807, 2.05) is 31.3 Å². The Morgan fingerprint density at radius 1 is 1.29 bits per heavy atom. The highest BCUT2D eigenvalue weighted by molar-refractivity contribution is 5.95. The molecule has 0 heterocycles. The SMILES string of the molecule is CNc1ccccc1C(=O)OC1CC2CCC1(C)C2(C)C. The van der Waals surface area contributed by atoms with E-state index in [4.69, 9.17) is 4.74 Å². The Balaban J connectivity index is 1.81. The number of anilines is 1. The van der Waals surface area contributed by atoms with Crippen LogP contribution in [0.1, 0.15) is 50.4 Å². The Hall–Kier alpha value is -1.51. The van der Waals surface area contributed by atoms with E-state index < -0.39 is 0 Å². The Morgan fingerprint density at radius 2 is 2.00 bits per heavy atom. The van der Waals surface area contributed by atoms with Gasteiger partial charge in [-0.05, 0) is 42.7 Å². The van der Waals surface area contributed by atoms with Gasteiger partial charge in [0.1, 0.15) is 6.10 Å². The molecule has 0 amide bonds. The third kappa shape index (κ3) is 1.97. The summed E-state index contributed by atoms with van der Waals surface area (Å²) >= 11 is 0. The average Bonchev–Trinajstić information content (AvgIpc) is 2.80. The highest BCUT2D eigenvalue weighted by atomic mass is 16.5. The van der Waals surface area contributed by atoms with Crippen LogP contribution in [0.25, 0.3) is 0 Å². The first-order chi connectivity index (χ1) is 9.90. The quantitative estimate of drug-likeness (QED) is 0.851. The molecule has 0 aromatic heterocycles. The van der Waals surface area contributed by atoms with Gasteiger partial charge in [-0.15, -0.1) is 0 Å². The first-order valence-corrected chi connectivity index (χ1v) is 7.88. The number of esters is 1. The molecule has 2 bridgehead atoms. The minimum absolute atomic E-state index is 0.0451. The number of carbonyl (C=O) groups is 1. The van der Waals surface area contributed by atoms with E-state index in [1.54, 1.807) is 0 Å². The maximum Gasteiger partial charge on any atom is 0.340 e. The number of hydrogen-bond donors (Lipinski definition) is 1. The van der Waals surface area contributed by atoms with E-state index in [-0.39, 0.29) is 22.9 Å². The molecule has 114 valence electrons. The van der Waals surface area contributed by atoms with Crippen molar-refractivity contribution in [2.45, 2.75) is 46.1 Å². The minimum Gasteiger partial charge on any atom is -0.458 e. The van der Waals surface area contributed by atoms with Crippen molar-refractivity contribution in [1.82, 2.24) is 0 Å². The fourth-order valence-corrected chi connectivity index (χ4v) is 4.38. The molecule has 3 unspecified atom stereocenters. The van der Waals surface area contributed by atoms with E-state index in [2.05, 4.69) is 26.1 Å². The Labute approximate surface area is 127 Å². The summed E-state index contributed by atoms with van der Waals surface area (Å²) in [4.78, 5) is 12.5. The second kappa shape index (κ2) is 4.75. The van der Waals surface area contributed by atoms with Crippen LogP contribution >= 0.6 is 0 Å². The molecule has 1 N–H and O–H groups in total. The molecule has 3 heteroatoms. The lowest BCUT2D eigenvalue weighted by molar-refractivity contribution is -0.0241. The van der Waals surface area contributed by atoms with Gasteiger partial charge in [-0.3, -0.25) is 0 Å². The monoisotopic (exact) mass is 287 g/mol. The Bertz CT molecular complexity index is 566. The van der Waals surface area contributed by atoms with E-state index in [1.165, 1.54) is 6.42 Å².